The molecule has 0 radical (unpaired) electrons. The third-order valence-electron chi connectivity index (χ3n) is 2.67. The summed E-state index contributed by atoms with van der Waals surface area (Å²) in [5.74, 6) is 0. The average Bonchev–Trinajstić information content (AvgIpc) is 2.65. The number of aliphatic hydroxyl groups excluding tert-OH is 1. The van der Waals surface area contributed by atoms with Gasteiger partial charge in [0.2, 0.25) is 0 Å². The first-order valence-corrected chi connectivity index (χ1v) is 5.83. The lowest BCUT2D eigenvalue weighted by Crippen LogP contribution is -2.29. The molecule has 0 bridgehead atoms. The molecule has 1 aliphatic rings. The molecule has 1 fully saturated rings. The molecule has 14 heavy (non-hydrogen) atoms. The van der Waals surface area contributed by atoms with Gasteiger partial charge in [-0.05, 0) is 32.2 Å². The molecule has 0 spiro atoms. The predicted molar refractivity (Wildman–Crippen MR) is 57.4 cm³/mol. The van der Waals surface area contributed by atoms with Crippen molar-refractivity contribution in [3.05, 3.63) is 0 Å². The molecule has 84 valence electrons. The first-order valence-electron chi connectivity index (χ1n) is 5.83. The maximum Gasteiger partial charge on any atom is 0.0664 e. The van der Waals surface area contributed by atoms with Crippen LogP contribution in [0.5, 0.6) is 0 Å². The summed E-state index contributed by atoms with van der Waals surface area (Å²) in [6.45, 7) is 4.71. The summed E-state index contributed by atoms with van der Waals surface area (Å²) in [6.07, 6.45) is 5.73. The van der Waals surface area contributed by atoms with E-state index in [1.54, 1.807) is 0 Å². The average molecular weight is 201 g/mol. The van der Waals surface area contributed by atoms with E-state index in [0.29, 0.717) is 6.10 Å². The highest BCUT2D eigenvalue weighted by atomic mass is 16.5. The minimum atomic E-state index is -0.176. The molecule has 1 heterocycles. The zero-order chi connectivity index (χ0) is 10.2. The third-order valence-corrected chi connectivity index (χ3v) is 2.67. The van der Waals surface area contributed by atoms with Gasteiger partial charge in [-0.2, -0.15) is 0 Å². The monoisotopic (exact) mass is 201 g/mol. The molecule has 0 aromatic rings. The fraction of sp³-hybridized carbons (Fsp3) is 1.00. The fourth-order valence-electron chi connectivity index (χ4n) is 1.84. The van der Waals surface area contributed by atoms with Crippen molar-refractivity contribution in [3.63, 3.8) is 0 Å². The normalized spacial score (nSPS) is 24.0. The zero-order valence-electron chi connectivity index (χ0n) is 9.17. The maximum atomic E-state index is 9.45. The number of hydrogen-bond acceptors (Lipinski definition) is 3. The molecule has 0 amide bonds. The molecule has 0 aromatic carbocycles. The van der Waals surface area contributed by atoms with Gasteiger partial charge in [0.25, 0.3) is 0 Å². The van der Waals surface area contributed by atoms with Crippen molar-refractivity contribution in [2.75, 3.05) is 19.7 Å². The van der Waals surface area contributed by atoms with Gasteiger partial charge in [0.1, 0.15) is 0 Å². The Morgan fingerprint density at radius 3 is 3.07 bits per heavy atom. The lowest BCUT2D eigenvalue weighted by Gasteiger charge is -2.12. The highest BCUT2D eigenvalue weighted by Gasteiger charge is 2.14. The van der Waals surface area contributed by atoms with Gasteiger partial charge in [-0.15, -0.1) is 0 Å². The van der Waals surface area contributed by atoms with Crippen molar-refractivity contribution in [2.24, 2.45) is 0 Å². The quantitative estimate of drug-likeness (QED) is 0.610. The van der Waals surface area contributed by atoms with Crippen molar-refractivity contribution in [1.82, 2.24) is 5.32 Å². The summed E-state index contributed by atoms with van der Waals surface area (Å²) in [4.78, 5) is 0. The lowest BCUT2D eigenvalue weighted by atomic mass is 10.2. The predicted octanol–water partition coefficient (Wildman–Crippen LogP) is 1.31. The van der Waals surface area contributed by atoms with E-state index in [1.165, 1.54) is 12.8 Å². The van der Waals surface area contributed by atoms with E-state index < -0.39 is 0 Å². The summed E-state index contributed by atoms with van der Waals surface area (Å²) in [6, 6.07) is 0. The molecule has 1 saturated heterocycles. The molecule has 1 rings (SSSR count). The van der Waals surface area contributed by atoms with E-state index in [4.69, 9.17) is 4.74 Å². The smallest absolute Gasteiger partial charge is 0.0664 e. The number of hydrogen-bond donors (Lipinski definition) is 2. The highest BCUT2D eigenvalue weighted by molar-refractivity contribution is 4.67. The second-order valence-electron chi connectivity index (χ2n) is 4.07. The summed E-state index contributed by atoms with van der Waals surface area (Å²) >= 11 is 0. The summed E-state index contributed by atoms with van der Waals surface area (Å²) in [5.41, 5.74) is 0. The van der Waals surface area contributed by atoms with Gasteiger partial charge in [0.15, 0.2) is 0 Å². The maximum absolute atomic E-state index is 9.45. The van der Waals surface area contributed by atoms with Crippen LogP contribution in [0.1, 0.15) is 39.0 Å². The molecule has 2 atom stereocenters. The highest BCUT2D eigenvalue weighted by Crippen LogP contribution is 2.14. The van der Waals surface area contributed by atoms with Crippen molar-refractivity contribution < 1.29 is 9.84 Å². The van der Waals surface area contributed by atoms with Gasteiger partial charge >= 0.3 is 0 Å². The molecule has 2 unspecified atom stereocenters. The first kappa shape index (κ1) is 12.0. The van der Waals surface area contributed by atoms with Gasteiger partial charge in [-0.1, -0.05) is 13.3 Å². The Morgan fingerprint density at radius 2 is 2.43 bits per heavy atom. The second kappa shape index (κ2) is 7.21. The number of nitrogens with one attached hydrogen (secondary N) is 1. The van der Waals surface area contributed by atoms with Gasteiger partial charge < -0.3 is 15.2 Å². The van der Waals surface area contributed by atoms with Crippen LogP contribution in [0, 0.1) is 0 Å². The van der Waals surface area contributed by atoms with E-state index >= 15 is 0 Å². The third kappa shape index (κ3) is 4.94. The van der Waals surface area contributed by atoms with Crippen LogP contribution in [-0.4, -0.2) is 37.0 Å². The van der Waals surface area contributed by atoms with Crippen LogP contribution in [0.25, 0.3) is 0 Å². The van der Waals surface area contributed by atoms with Crippen molar-refractivity contribution >= 4 is 0 Å². The van der Waals surface area contributed by atoms with Crippen LogP contribution in [0.3, 0.4) is 0 Å². The lowest BCUT2D eigenvalue weighted by molar-refractivity contribution is 0.102. The number of aliphatic hydroxyl groups is 1. The van der Waals surface area contributed by atoms with Crippen molar-refractivity contribution in [2.45, 2.75) is 51.2 Å². The topological polar surface area (TPSA) is 41.5 Å². The Morgan fingerprint density at radius 1 is 1.57 bits per heavy atom. The largest absolute Gasteiger partial charge is 0.392 e. The van der Waals surface area contributed by atoms with Gasteiger partial charge in [-0.3, -0.25) is 0 Å². The SMILES string of the molecule is CCCC(O)CNCCC1CCCO1. The van der Waals surface area contributed by atoms with E-state index in [1.807, 2.05) is 0 Å². The van der Waals surface area contributed by atoms with Crippen LogP contribution in [-0.2, 0) is 4.74 Å². The molecular weight excluding hydrogens is 178 g/mol. The van der Waals surface area contributed by atoms with Crippen LogP contribution in [0.2, 0.25) is 0 Å². The van der Waals surface area contributed by atoms with Crippen LogP contribution >= 0.6 is 0 Å². The summed E-state index contributed by atoms with van der Waals surface area (Å²) < 4.78 is 5.50. The van der Waals surface area contributed by atoms with Crippen LogP contribution < -0.4 is 5.32 Å². The molecule has 3 heteroatoms. The van der Waals surface area contributed by atoms with Crippen molar-refractivity contribution in [3.8, 4) is 0 Å². The Labute approximate surface area is 86.8 Å². The molecule has 0 saturated carbocycles. The molecule has 0 aliphatic carbocycles. The summed E-state index contributed by atoms with van der Waals surface area (Å²) in [5, 5.41) is 12.7. The fourth-order valence-corrected chi connectivity index (χ4v) is 1.84. The Kier molecular flexibility index (Phi) is 6.15. The first-order chi connectivity index (χ1) is 6.83. The minimum absolute atomic E-state index is 0.176. The summed E-state index contributed by atoms with van der Waals surface area (Å²) in [7, 11) is 0. The number of rotatable bonds is 7. The van der Waals surface area contributed by atoms with Crippen molar-refractivity contribution in [1.29, 1.82) is 0 Å². The molecule has 1 aliphatic heterocycles. The van der Waals surface area contributed by atoms with E-state index in [0.717, 1.165) is 39.0 Å². The zero-order valence-corrected chi connectivity index (χ0v) is 9.17. The second-order valence-corrected chi connectivity index (χ2v) is 4.07. The molecular formula is C11H23NO2. The Balaban J connectivity index is 1.88. The van der Waals surface area contributed by atoms with Gasteiger partial charge in [0.05, 0.1) is 12.2 Å². The molecule has 0 aromatic heterocycles. The number of ether oxygens (including phenoxy) is 1. The minimum Gasteiger partial charge on any atom is -0.392 e. The van der Waals surface area contributed by atoms with E-state index in [2.05, 4.69) is 12.2 Å². The van der Waals surface area contributed by atoms with Gasteiger partial charge in [-0.25, -0.2) is 0 Å². The van der Waals surface area contributed by atoms with Gasteiger partial charge in [0, 0.05) is 13.2 Å². The Hall–Kier alpha value is -0.120. The molecule has 3 nitrogen and oxygen atoms in total. The van der Waals surface area contributed by atoms with Crippen LogP contribution in [0.4, 0.5) is 0 Å². The standard InChI is InChI=1S/C11H23NO2/c1-2-4-10(13)9-12-7-6-11-5-3-8-14-11/h10-13H,2-9H2,1H3. The van der Waals surface area contributed by atoms with Crippen LogP contribution in [0.15, 0.2) is 0 Å². The van der Waals surface area contributed by atoms with E-state index in [-0.39, 0.29) is 6.10 Å². The Bertz CT molecular complexity index is 135. The molecule has 2 N–H and O–H groups in total. The van der Waals surface area contributed by atoms with E-state index in [9.17, 15) is 5.11 Å².